The highest BCUT2D eigenvalue weighted by molar-refractivity contribution is 7.19. The fraction of sp³-hybridized carbons (Fsp3) is 0.111. The van der Waals surface area contributed by atoms with Gasteiger partial charge in [0.25, 0.3) is 5.89 Å². The van der Waals surface area contributed by atoms with E-state index in [1.54, 1.807) is 0 Å². The average molecular weight is 248 g/mol. The number of rotatable bonds is 2. The van der Waals surface area contributed by atoms with E-state index in [0.717, 1.165) is 15.4 Å². The van der Waals surface area contributed by atoms with Gasteiger partial charge in [0, 0.05) is 0 Å². The van der Waals surface area contributed by atoms with Crippen LogP contribution in [0.4, 0.5) is 5.00 Å². The van der Waals surface area contributed by atoms with Crippen molar-refractivity contribution in [2.24, 2.45) is 0 Å². The highest BCUT2D eigenvalue weighted by Crippen LogP contribution is 2.33. The van der Waals surface area contributed by atoms with Crippen LogP contribution in [-0.4, -0.2) is 25.3 Å². The zero-order valence-corrected chi connectivity index (χ0v) is 9.65. The second-order valence-electron chi connectivity index (χ2n) is 3.42. The van der Waals surface area contributed by atoms with Gasteiger partial charge in [0.2, 0.25) is 5.82 Å². The molecule has 0 saturated carbocycles. The van der Waals surface area contributed by atoms with Crippen molar-refractivity contribution in [2.75, 3.05) is 5.73 Å². The molecule has 8 heteroatoms. The van der Waals surface area contributed by atoms with Gasteiger partial charge < -0.3 is 10.3 Å². The first-order valence-electron chi connectivity index (χ1n) is 4.80. The van der Waals surface area contributed by atoms with Gasteiger partial charge in [-0.25, -0.2) is 4.98 Å². The Morgan fingerprint density at radius 2 is 2.35 bits per heavy atom. The van der Waals surface area contributed by atoms with Crippen LogP contribution in [0.25, 0.3) is 22.4 Å². The first-order chi connectivity index (χ1) is 8.24. The molecule has 0 saturated heterocycles. The Labute approximate surface area is 99.7 Å². The normalized spacial score (nSPS) is 10.9. The number of H-pyrrole nitrogens is 1. The van der Waals surface area contributed by atoms with Crippen LogP contribution in [0.5, 0.6) is 0 Å². The van der Waals surface area contributed by atoms with Gasteiger partial charge >= 0.3 is 0 Å². The first kappa shape index (κ1) is 9.97. The van der Waals surface area contributed by atoms with E-state index < -0.39 is 0 Å². The van der Waals surface area contributed by atoms with E-state index in [1.807, 2.05) is 13.0 Å². The molecule has 86 valence electrons. The second kappa shape index (κ2) is 3.67. The smallest absolute Gasteiger partial charge is 0.268 e. The molecule has 0 aliphatic heterocycles. The third-order valence-electron chi connectivity index (χ3n) is 2.18. The molecule has 3 aromatic rings. The third kappa shape index (κ3) is 1.68. The molecule has 0 spiro atoms. The minimum atomic E-state index is 0.379. The van der Waals surface area contributed by atoms with Crippen molar-refractivity contribution < 1.29 is 4.52 Å². The first-order valence-corrected chi connectivity index (χ1v) is 5.61. The summed E-state index contributed by atoms with van der Waals surface area (Å²) in [6.45, 7) is 1.94. The number of nitrogens with zero attached hydrogens (tertiary/aromatic N) is 4. The van der Waals surface area contributed by atoms with Crippen LogP contribution in [-0.2, 0) is 0 Å². The fourth-order valence-electron chi connectivity index (χ4n) is 1.44. The molecule has 3 rings (SSSR count). The molecule has 0 fully saturated rings. The monoisotopic (exact) mass is 248 g/mol. The fourth-order valence-corrected chi connectivity index (χ4v) is 2.31. The van der Waals surface area contributed by atoms with Crippen molar-refractivity contribution in [2.45, 2.75) is 6.92 Å². The molecule has 0 aliphatic carbocycles. The molecule has 0 amide bonds. The van der Waals surface area contributed by atoms with Gasteiger partial charge in [0.1, 0.15) is 6.33 Å². The minimum Gasteiger partial charge on any atom is -0.391 e. The third-order valence-corrected chi connectivity index (χ3v) is 3.24. The van der Waals surface area contributed by atoms with Crippen LogP contribution in [0.1, 0.15) is 5.56 Å². The topological polar surface area (TPSA) is 107 Å². The minimum absolute atomic E-state index is 0.379. The van der Waals surface area contributed by atoms with Crippen molar-refractivity contribution in [1.29, 1.82) is 0 Å². The Bertz CT molecular complexity index is 640. The van der Waals surface area contributed by atoms with Crippen molar-refractivity contribution in [1.82, 2.24) is 25.3 Å². The Morgan fingerprint density at radius 3 is 3.00 bits per heavy atom. The summed E-state index contributed by atoms with van der Waals surface area (Å²) in [6, 6.07) is 1.87. The van der Waals surface area contributed by atoms with E-state index in [9.17, 15) is 0 Å². The van der Waals surface area contributed by atoms with Crippen molar-refractivity contribution in [3.05, 3.63) is 18.0 Å². The predicted octanol–water partition coefficient (Wildman–Crippen LogP) is 1.47. The van der Waals surface area contributed by atoms with Crippen molar-refractivity contribution in [3.63, 3.8) is 0 Å². The molecule has 0 bridgehead atoms. The molecular formula is C9H8N6OS. The number of thiophene rings is 1. The van der Waals surface area contributed by atoms with E-state index in [-0.39, 0.29) is 0 Å². The molecular weight excluding hydrogens is 240 g/mol. The number of nitrogen functional groups attached to an aromatic ring is 1. The maximum absolute atomic E-state index is 5.72. The maximum atomic E-state index is 5.72. The molecule has 0 unspecified atom stereocenters. The van der Waals surface area contributed by atoms with Gasteiger partial charge in [-0.15, -0.1) is 11.3 Å². The summed E-state index contributed by atoms with van der Waals surface area (Å²) < 4.78 is 5.17. The highest BCUT2D eigenvalue weighted by atomic mass is 32.1. The summed E-state index contributed by atoms with van der Waals surface area (Å²) in [4.78, 5) is 9.06. The maximum Gasteiger partial charge on any atom is 0.268 e. The molecule has 0 radical (unpaired) electrons. The number of nitrogens with two attached hydrogens (primary N) is 1. The number of aromatic nitrogens is 5. The molecule has 3 aromatic heterocycles. The van der Waals surface area contributed by atoms with E-state index in [2.05, 4.69) is 25.3 Å². The molecule has 3 N–H and O–H groups in total. The number of hydrogen-bond acceptors (Lipinski definition) is 7. The van der Waals surface area contributed by atoms with Gasteiger partial charge in [-0.3, -0.25) is 5.10 Å². The summed E-state index contributed by atoms with van der Waals surface area (Å²) in [7, 11) is 0. The Morgan fingerprint density at radius 1 is 1.47 bits per heavy atom. The molecule has 3 heterocycles. The zero-order valence-electron chi connectivity index (χ0n) is 8.84. The van der Waals surface area contributed by atoms with E-state index in [4.69, 9.17) is 10.3 Å². The van der Waals surface area contributed by atoms with Crippen LogP contribution in [0.3, 0.4) is 0 Å². The van der Waals surface area contributed by atoms with Crippen LogP contribution < -0.4 is 5.73 Å². The second-order valence-corrected chi connectivity index (χ2v) is 4.50. The Hall–Kier alpha value is -2.22. The standard InChI is InChI=1S/C9H8N6OS/c1-4-2-5(10)17-6(4)9-13-8(15-16-9)7-11-3-12-14-7/h2-3H,10H2,1H3,(H,11,12,14). The van der Waals surface area contributed by atoms with E-state index in [0.29, 0.717) is 17.5 Å². The number of nitrogens with one attached hydrogen (secondary N) is 1. The van der Waals surface area contributed by atoms with E-state index in [1.165, 1.54) is 17.7 Å². The lowest BCUT2D eigenvalue weighted by molar-refractivity contribution is 0.432. The quantitative estimate of drug-likeness (QED) is 0.711. The lowest BCUT2D eigenvalue weighted by Gasteiger charge is -1.88. The highest BCUT2D eigenvalue weighted by Gasteiger charge is 2.16. The van der Waals surface area contributed by atoms with Crippen LogP contribution >= 0.6 is 11.3 Å². The van der Waals surface area contributed by atoms with Gasteiger partial charge in [0.15, 0.2) is 5.82 Å². The molecule has 17 heavy (non-hydrogen) atoms. The number of aromatic amines is 1. The molecule has 0 aliphatic rings. The number of hydrogen-bond donors (Lipinski definition) is 2. The summed E-state index contributed by atoms with van der Waals surface area (Å²) in [5.41, 5.74) is 6.73. The van der Waals surface area contributed by atoms with Gasteiger partial charge in [0.05, 0.1) is 9.88 Å². The van der Waals surface area contributed by atoms with Crippen LogP contribution in [0.15, 0.2) is 16.9 Å². The molecule has 0 aromatic carbocycles. The SMILES string of the molecule is Cc1cc(N)sc1-c1nc(-c2ncn[nH]2)no1. The summed E-state index contributed by atoms with van der Waals surface area (Å²) in [6.07, 6.45) is 1.39. The van der Waals surface area contributed by atoms with Crippen LogP contribution in [0.2, 0.25) is 0 Å². The van der Waals surface area contributed by atoms with Crippen molar-refractivity contribution >= 4 is 16.3 Å². The number of aryl methyl sites for hydroxylation is 1. The largest absolute Gasteiger partial charge is 0.391 e. The van der Waals surface area contributed by atoms with E-state index >= 15 is 0 Å². The van der Waals surface area contributed by atoms with Gasteiger partial charge in [-0.1, -0.05) is 5.16 Å². The lowest BCUT2D eigenvalue weighted by atomic mass is 10.3. The Balaban J connectivity index is 2.03. The summed E-state index contributed by atoms with van der Waals surface area (Å²) >= 11 is 1.41. The average Bonchev–Trinajstić information content (AvgIpc) is 2.97. The zero-order chi connectivity index (χ0) is 11.8. The summed E-state index contributed by atoms with van der Waals surface area (Å²) in [5.74, 6) is 1.29. The van der Waals surface area contributed by atoms with Crippen LogP contribution in [0, 0.1) is 6.92 Å². The lowest BCUT2D eigenvalue weighted by Crippen LogP contribution is -1.83. The van der Waals surface area contributed by atoms with Gasteiger partial charge in [-0.2, -0.15) is 10.1 Å². The summed E-state index contributed by atoms with van der Waals surface area (Å²) in [5, 5.41) is 10.9. The number of anilines is 1. The van der Waals surface area contributed by atoms with Crippen molar-refractivity contribution in [3.8, 4) is 22.4 Å². The molecule has 0 atom stereocenters. The predicted molar refractivity (Wildman–Crippen MR) is 62.1 cm³/mol. The molecule has 7 nitrogen and oxygen atoms in total. The van der Waals surface area contributed by atoms with Gasteiger partial charge in [-0.05, 0) is 18.6 Å². The Kier molecular flexibility index (Phi) is 2.15.